The van der Waals surface area contributed by atoms with Crippen LogP contribution in [-0.2, 0) is 6.54 Å². The third-order valence-electron chi connectivity index (χ3n) is 1.26. The van der Waals surface area contributed by atoms with E-state index in [1.54, 1.807) is 0 Å². The smallest absolute Gasteiger partial charge is 0.328 e. The van der Waals surface area contributed by atoms with E-state index in [9.17, 15) is 9.59 Å². The van der Waals surface area contributed by atoms with Crippen molar-refractivity contribution in [3.05, 3.63) is 33.1 Å². The Bertz CT molecular complexity index is 390. The summed E-state index contributed by atoms with van der Waals surface area (Å²) in [5, 5.41) is 10.8. The molecule has 0 fully saturated rings. The van der Waals surface area contributed by atoms with Crippen LogP contribution in [0.25, 0.3) is 0 Å². The molecule has 0 aliphatic rings. The molecule has 0 saturated heterocycles. The van der Waals surface area contributed by atoms with Crippen molar-refractivity contribution in [1.29, 1.82) is 0 Å². The first-order valence-electron chi connectivity index (χ1n) is 3.19. The molecule has 12 heavy (non-hydrogen) atoms. The highest BCUT2D eigenvalue weighted by Gasteiger charge is 1.92. The van der Waals surface area contributed by atoms with E-state index in [2.05, 4.69) is 10.1 Å². The van der Waals surface area contributed by atoms with E-state index in [1.165, 1.54) is 16.8 Å². The molecule has 64 valence electrons. The maximum absolute atomic E-state index is 10.9. The summed E-state index contributed by atoms with van der Waals surface area (Å²) in [4.78, 5) is 23.5. The molecule has 6 heteroatoms. The van der Waals surface area contributed by atoms with Crippen LogP contribution in [0.15, 0.2) is 27.0 Å². The summed E-state index contributed by atoms with van der Waals surface area (Å²) in [7, 11) is 0. The fraction of sp³-hybridized carbons (Fsp3) is 0.167. The number of aromatic nitrogens is 2. The molecule has 0 radical (unpaired) electrons. The van der Waals surface area contributed by atoms with Crippen LogP contribution in [0, 0.1) is 0 Å². The van der Waals surface area contributed by atoms with Crippen LogP contribution in [0.3, 0.4) is 0 Å². The Balaban J connectivity index is 3.02. The zero-order valence-electron chi connectivity index (χ0n) is 6.10. The molecular weight excluding hydrogens is 162 g/mol. The van der Waals surface area contributed by atoms with Crippen molar-refractivity contribution < 1.29 is 5.21 Å². The lowest BCUT2D eigenvalue weighted by atomic mass is 10.6. The molecule has 1 heterocycles. The fourth-order valence-corrected chi connectivity index (χ4v) is 0.712. The van der Waals surface area contributed by atoms with Crippen molar-refractivity contribution in [3.8, 4) is 0 Å². The van der Waals surface area contributed by atoms with E-state index >= 15 is 0 Å². The summed E-state index contributed by atoms with van der Waals surface area (Å²) < 4.78 is 1.20. The van der Waals surface area contributed by atoms with Gasteiger partial charge in [-0.2, -0.15) is 0 Å². The number of oxime groups is 1. The number of nitrogens with one attached hydrogen (secondary N) is 1. The molecular formula is C6H7N3O3. The molecule has 1 rings (SSSR count). The lowest BCUT2D eigenvalue weighted by molar-refractivity contribution is 0.320. The molecule has 6 nitrogen and oxygen atoms in total. The van der Waals surface area contributed by atoms with Gasteiger partial charge in [-0.1, -0.05) is 0 Å². The van der Waals surface area contributed by atoms with Gasteiger partial charge in [-0.15, -0.1) is 5.16 Å². The zero-order valence-corrected chi connectivity index (χ0v) is 6.10. The Hall–Kier alpha value is -1.85. The lowest BCUT2D eigenvalue weighted by Crippen LogP contribution is -2.28. The van der Waals surface area contributed by atoms with Gasteiger partial charge in [0.1, 0.15) is 0 Å². The quantitative estimate of drug-likeness (QED) is 0.338. The summed E-state index contributed by atoms with van der Waals surface area (Å²) in [5.74, 6) is 0. The standard InChI is InChI=1S/C6H7N3O3/c10-5-1-3-9(4-2-7-12)6(11)8-5/h1-3,12H,4H2,(H,8,10,11). The molecule has 0 atom stereocenters. The molecule has 0 aromatic carbocycles. The van der Waals surface area contributed by atoms with Crippen LogP contribution in [0.1, 0.15) is 0 Å². The SMILES string of the molecule is O=c1ccn(CC=NO)c(=O)[nH]1. The van der Waals surface area contributed by atoms with Crippen molar-refractivity contribution >= 4 is 6.21 Å². The average molecular weight is 169 g/mol. The minimum atomic E-state index is -0.526. The first-order chi connectivity index (χ1) is 5.74. The predicted molar refractivity (Wildman–Crippen MR) is 41.6 cm³/mol. The number of hydrogen-bond donors (Lipinski definition) is 2. The highest BCUT2D eigenvalue weighted by molar-refractivity contribution is 5.55. The maximum atomic E-state index is 10.9. The highest BCUT2D eigenvalue weighted by atomic mass is 16.4. The minimum absolute atomic E-state index is 0.131. The van der Waals surface area contributed by atoms with Gasteiger partial charge in [0.05, 0.1) is 12.8 Å². The van der Waals surface area contributed by atoms with E-state index in [-0.39, 0.29) is 6.54 Å². The van der Waals surface area contributed by atoms with Gasteiger partial charge in [-0.05, 0) is 0 Å². The summed E-state index contributed by atoms with van der Waals surface area (Å²) in [5.41, 5.74) is -0.973. The molecule has 0 amide bonds. The Labute approximate surface area is 66.8 Å². The number of aromatic amines is 1. The van der Waals surface area contributed by atoms with Gasteiger partial charge in [0.2, 0.25) is 0 Å². The van der Waals surface area contributed by atoms with Gasteiger partial charge in [0, 0.05) is 12.3 Å². The fourth-order valence-electron chi connectivity index (χ4n) is 0.712. The molecule has 1 aromatic rings. The van der Waals surface area contributed by atoms with Gasteiger partial charge in [0.15, 0.2) is 0 Å². The van der Waals surface area contributed by atoms with Crippen molar-refractivity contribution in [3.63, 3.8) is 0 Å². The number of H-pyrrole nitrogens is 1. The Morgan fingerprint density at radius 3 is 3.00 bits per heavy atom. The van der Waals surface area contributed by atoms with E-state index in [1.807, 2.05) is 0 Å². The van der Waals surface area contributed by atoms with Crippen LogP contribution in [0.2, 0.25) is 0 Å². The minimum Gasteiger partial charge on any atom is -0.411 e. The lowest BCUT2D eigenvalue weighted by Gasteiger charge is -1.96. The van der Waals surface area contributed by atoms with Gasteiger partial charge in [0.25, 0.3) is 5.56 Å². The largest absolute Gasteiger partial charge is 0.411 e. The van der Waals surface area contributed by atoms with Crippen LogP contribution < -0.4 is 11.2 Å². The Morgan fingerprint density at radius 1 is 1.67 bits per heavy atom. The van der Waals surface area contributed by atoms with Gasteiger partial charge in [-0.25, -0.2) is 4.79 Å². The normalized spacial score (nSPS) is 10.7. The maximum Gasteiger partial charge on any atom is 0.328 e. The third-order valence-corrected chi connectivity index (χ3v) is 1.26. The van der Waals surface area contributed by atoms with E-state index < -0.39 is 11.2 Å². The molecule has 0 unspecified atom stereocenters. The second-order valence-corrected chi connectivity index (χ2v) is 2.06. The summed E-state index contributed by atoms with van der Waals surface area (Å²) in [6.07, 6.45) is 2.46. The average Bonchev–Trinajstić information content (AvgIpc) is 2.03. The number of nitrogens with zero attached hydrogens (tertiary/aromatic N) is 2. The predicted octanol–water partition coefficient (Wildman–Crippen LogP) is -1.00. The first kappa shape index (κ1) is 8.25. The zero-order chi connectivity index (χ0) is 8.97. The van der Waals surface area contributed by atoms with E-state index in [0.29, 0.717) is 0 Å². The van der Waals surface area contributed by atoms with Crippen LogP contribution in [-0.4, -0.2) is 21.0 Å². The van der Waals surface area contributed by atoms with E-state index in [4.69, 9.17) is 5.21 Å². The summed E-state index contributed by atoms with van der Waals surface area (Å²) in [6.45, 7) is 0.131. The van der Waals surface area contributed by atoms with Gasteiger partial charge in [-0.3, -0.25) is 14.3 Å². The van der Waals surface area contributed by atoms with Crippen molar-refractivity contribution in [2.45, 2.75) is 6.54 Å². The van der Waals surface area contributed by atoms with Gasteiger partial charge < -0.3 is 5.21 Å². The van der Waals surface area contributed by atoms with Gasteiger partial charge >= 0.3 is 5.69 Å². The van der Waals surface area contributed by atoms with Crippen molar-refractivity contribution in [2.24, 2.45) is 5.16 Å². The molecule has 2 N–H and O–H groups in total. The van der Waals surface area contributed by atoms with E-state index in [0.717, 1.165) is 6.21 Å². The molecule has 0 aliphatic carbocycles. The monoisotopic (exact) mass is 169 g/mol. The third kappa shape index (κ3) is 1.82. The second-order valence-electron chi connectivity index (χ2n) is 2.06. The summed E-state index contributed by atoms with van der Waals surface area (Å²) in [6, 6.07) is 1.21. The Morgan fingerprint density at radius 2 is 2.42 bits per heavy atom. The van der Waals surface area contributed by atoms with Crippen molar-refractivity contribution in [1.82, 2.24) is 9.55 Å². The second kappa shape index (κ2) is 3.51. The Kier molecular flexibility index (Phi) is 2.42. The molecule has 1 aromatic heterocycles. The van der Waals surface area contributed by atoms with Crippen LogP contribution >= 0.6 is 0 Å². The molecule has 0 bridgehead atoms. The highest BCUT2D eigenvalue weighted by Crippen LogP contribution is 1.72. The number of hydrogen-bond acceptors (Lipinski definition) is 4. The molecule has 0 saturated carbocycles. The summed E-state index contributed by atoms with van der Waals surface area (Å²) >= 11 is 0. The van der Waals surface area contributed by atoms with Crippen LogP contribution in [0.5, 0.6) is 0 Å². The number of rotatable bonds is 2. The first-order valence-corrected chi connectivity index (χ1v) is 3.19. The van der Waals surface area contributed by atoms with Crippen LogP contribution in [0.4, 0.5) is 0 Å². The molecule has 0 aliphatic heterocycles. The van der Waals surface area contributed by atoms with Crippen molar-refractivity contribution in [2.75, 3.05) is 0 Å². The molecule has 0 spiro atoms. The topological polar surface area (TPSA) is 87.4 Å².